The summed E-state index contributed by atoms with van der Waals surface area (Å²) in [7, 11) is 1.75. The molecule has 0 N–H and O–H groups in total. The monoisotopic (exact) mass is 319 g/mol. The summed E-state index contributed by atoms with van der Waals surface area (Å²) in [5, 5.41) is 9.39. The molecular formula is C19H14FN3O. The second kappa shape index (κ2) is 6.47. The van der Waals surface area contributed by atoms with Crippen molar-refractivity contribution >= 4 is 5.78 Å². The quantitative estimate of drug-likeness (QED) is 0.689. The Morgan fingerprint density at radius 1 is 1.17 bits per heavy atom. The lowest BCUT2D eigenvalue weighted by Crippen LogP contribution is -2.16. The molecule has 0 saturated carbocycles. The topological polar surface area (TPSA) is 58.7 Å². The number of aromatic nitrogens is 2. The number of Topliss-reactive ketones (excluding diaryl/α,β-unsaturated/α-hetero) is 1. The maximum Gasteiger partial charge on any atom is 0.202 e. The lowest BCUT2D eigenvalue weighted by molar-refractivity contribution is 0.0970. The molecular weight excluding hydrogens is 305 g/mol. The van der Waals surface area contributed by atoms with Crippen LogP contribution < -0.4 is 0 Å². The first-order valence-corrected chi connectivity index (χ1v) is 7.38. The molecule has 3 aromatic rings. The Labute approximate surface area is 138 Å². The van der Waals surface area contributed by atoms with Crippen molar-refractivity contribution in [2.75, 3.05) is 0 Å². The molecule has 0 fully saturated rings. The molecule has 0 amide bonds. The van der Waals surface area contributed by atoms with Crippen molar-refractivity contribution in [1.29, 1.82) is 5.26 Å². The smallest absolute Gasteiger partial charge is 0.202 e. The van der Waals surface area contributed by atoms with Gasteiger partial charge < -0.3 is 4.57 Å². The molecule has 1 aromatic carbocycles. The normalized spacial score (nSPS) is 11.7. The SMILES string of the molecule is Cn1c(C(=O)C(C#N)c2ccccn2)ccc1-c1ccc(F)cc1. The molecule has 5 heteroatoms. The Morgan fingerprint density at radius 3 is 2.54 bits per heavy atom. The molecule has 1 unspecified atom stereocenters. The molecule has 0 spiro atoms. The van der Waals surface area contributed by atoms with Crippen molar-refractivity contribution in [2.24, 2.45) is 7.05 Å². The Kier molecular flexibility index (Phi) is 4.21. The largest absolute Gasteiger partial charge is 0.341 e. The third kappa shape index (κ3) is 2.82. The second-order valence-corrected chi connectivity index (χ2v) is 5.35. The minimum atomic E-state index is -0.958. The standard InChI is InChI=1S/C19H14FN3O/c1-23-17(13-5-7-14(20)8-6-13)9-10-18(23)19(24)15(12-21)16-4-2-3-11-22-16/h2-11,15H,1H3. The molecule has 0 aliphatic rings. The van der Waals surface area contributed by atoms with E-state index in [1.807, 2.05) is 6.07 Å². The van der Waals surface area contributed by atoms with E-state index in [4.69, 9.17) is 0 Å². The summed E-state index contributed by atoms with van der Waals surface area (Å²) in [6, 6.07) is 16.7. The van der Waals surface area contributed by atoms with Crippen LogP contribution in [0.2, 0.25) is 0 Å². The lowest BCUT2D eigenvalue weighted by Gasteiger charge is -2.10. The summed E-state index contributed by atoms with van der Waals surface area (Å²) < 4.78 is 14.8. The number of nitrogens with zero attached hydrogens (tertiary/aromatic N) is 3. The van der Waals surface area contributed by atoms with Gasteiger partial charge in [0, 0.05) is 18.9 Å². The molecule has 0 saturated heterocycles. The van der Waals surface area contributed by atoms with E-state index in [0.717, 1.165) is 11.3 Å². The highest BCUT2D eigenvalue weighted by Crippen LogP contribution is 2.25. The molecule has 2 heterocycles. The van der Waals surface area contributed by atoms with Crippen LogP contribution in [0, 0.1) is 17.1 Å². The van der Waals surface area contributed by atoms with Gasteiger partial charge in [0.2, 0.25) is 5.78 Å². The molecule has 24 heavy (non-hydrogen) atoms. The van der Waals surface area contributed by atoms with E-state index in [2.05, 4.69) is 4.98 Å². The maximum absolute atomic E-state index is 13.1. The van der Waals surface area contributed by atoms with Crippen LogP contribution >= 0.6 is 0 Å². The average Bonchev–Trinajstić information content (AvgIpc) is 2.99. The first kappa shape index (κ1) is 15.6. The van der Waals surface area contributed by atoms with E-state index in [0.29, 0.717) is 11.4 Å². The van der Waals surface area contributed by atoms with Crippen LogP contribution in [-0.4, -0.2) is 15.3 Å². The maximum atomic E-state index is 13.1. The zero-order valence-electron chi connectivity index (χ0n) is 13.0. The first-order valence-electron chi connectivity index (χ1n) is 7.38. The summed E-state index contributed by atoms with van der Waals surface area (Å²) in [6.45, 7) is 0. The number of nitriles is 1. The van der Waals surface area contributed by atoms with Crippen molar-refractivity contribution in [1.82, 2.24) is 9.55 Å². The van der Waals surface area contributed by atoms with Gasteiger partial charge in [-0.3, -0.25) is 9.78 Å². The number of ketones is 1. The van der Waals surface area contributed by atoms with Gasteiger partial charge in [0.25, 0.3) is 0 Å². The summed E-state index contributed by atoms with van der Waals surface area (Å²) in [5.41, 5.74) is 2.40. The summed E-state index contributed by atoms with van der Waals surface area (Å²) in [6.07, 6.45) is 1.56. The van der Waals surface area contributed by atoms with Crippen LogP contribution in [0.1, 0.15) is 22.1 Å². The summed E-state index contributed by atoms with van der Waals surface area (Å²) >= 11 is 0. The molecule has 118 valence electrons. The van der Waals surface area contributed by atoms with E-state index in [-0.39, 0.29) is 11.6 Å². The number of benzene rings is 1. The predicted octanol–water partition coefficient (Wildman–Crippen LogP) is 3.72. The molecule has 0 radical (unpaired) electrons. The van der Waals surface area contributed by atoms with Gasteiger partial charge in [-0.1, -0.05) is 6.07 Å². The van der Waals surface area contributed by atoms with Crippen molar-refractivity contribution in [3.8, 4) is 17.3 Å². The van der Waals surface area contributed by atoms with Gasteiger partial charge in [-0.25, -0.2) is 4.39 Å². The number of rotatable bonds is 4. The third-order valence-corrected chi connectivity index (χ3v) is 3.89. The molecule has 0 bridgehead atoms. The lowest BCUT2D eigenvalue weighted by atomic mass is 9.99. The number of hydrogen-bond donors (Lipinski definition) is 0. The van der Waals surface area contributed by atoms with Crippen molar-refractivity contribution in [2.45, 2.75) is 5.92 Å². The van der Waals surface area contributed by atoms with Gasteiger partial charge in [0.1, 0.15) is 5.82 Å². The summed E-state index contributed by atoms with van der Waals surface area (Å²) in [4.78, 5) is 16.9. The Hall–Kier alpha value is -3.26. The first-order chi connectivity index (χ1) is 11.6. The van der Waals surface area contributed by atoms with Gasteiger partial charge in [-0.15, -0.1) is 0 Å². The van der Waals surface area contributed by atoms with Gasteiger partial charge in [-0.2, -0.15) is 5.26 Å². The number of carbonyl (C=O) groups excluding carboxylic acids is 1. The van der Waals surface area contributed by atoms with Crippen molar-refractivity contribution in [3.05, 3.63) is 78.0 Å². The molecule has 3 rings (SSSR count). The highest BCUT2D eigenvalue weighted by atomic mass is 19.1. The molecule has 0 aliphatic heterocycles. The van der Waals surface area contributed by atoms with Gasteiger partial charge in [0.15, 0.2) is 5.92 Å². The Balaban J connectivity index is 1.97. The molecule has 0 aliphatic carbocycles. The minimum Gasteiger partial charge on any atom is -0.341 e. The van der Waals surface area contributed by atoms with Crippen LogP contribution in [0.25, 0.3) is 11.3 Å². The van der Waals surface area contributed by atoms with Crippen LogP contribution in [0.5, 0.6) is 0 Å². The van der Waals surface area contributed by atoms with E-state index in [9.17, 15) is 14.4 Å². The molecule has 2 aromatic heterocycles. The van der Waals surface area contributed by atoms with Gasteiger partial charge in [0.05, 0.1) is 17.5 Å². The molecule has 1 atom stereocenters. The fourth-order valence-corrected chi connectivity index (χ4v) is 2.62. The highest BCUT2D eigenvalue weighted by molar-refractivity contribution is 6.02. The van der Waals surface area contributed by atoms with Gasteiger partial charge >= 0.3 is 0 Å². The fraction of sp³-hybridized carbons (Fsp3) is 0.105. The van der Waals surface area contributed by atoms with Crippen molar-refractivity contribution in [3.63, 3.8) is 0 Å². The fourth-order valence-electron chi connectivity index (χ4n) is 2.62. The van der Waals surface area contributed by atoms with Crippen LogP contribution in [0.3, 0.4) is 0 Å². The predicted molar refractivity (Wildman–Crippen MR) is 87.7 cm³/mol. The summed E-state index contributed by atoms with van der Waals surface area (Å²) in [5.74, 6) is -1.59. The zero-order chi connectivity index (χ0) is 17.1. The van der Waals surface area contributed by atoms with Crippen LogP contribution in [0.15, 0.2) is 60.8 Å². The number of hydrogen-bond acceptors (Lipinski definition) is 3. The minimum absolute atomic E-state index is 0.313. The zero-order valence-corrected chi connectivity index (χ0v) is 13.0. The number of halogens is 1. The van der Waals surface area contributed by atoms with Gasteiger partial charge in [-0.05, 0) is 54.1 Å². The van der Waals surface area contributed by atoms with Crippen molar-refractivity contribution < 1.29 is 9.18 Å². The third-order valence-electron chi connectivity index (χ3n) is 3.89. The van der Waals surface area contributed by atoms with Crippen LogP contribution in [-0.2, 0) is 7.05 Å². The van der Waals surface area contributed by atoms with E-state index < -0.39 is 5.92 Å². The average molecular weight is 319 g/mol. The Bertz CT molecular complexity index is 908. The Morgan fingerprint density at radius 2 is 1.92 bits per heavy atom. The number of carbonyl (C=O) groups is 1. The van der Waals surface area contributed by atoms with E-state index in [1.54, 1.807) is 60.3 Å². The van der Waals surface area contributed by atoms with E-state index >= 15 is 0 Å². The second-order valence-electron chi connectivity index (χ2n) is 5.35. The molecule has 4 nitrogen and oxygen atoms in total. The van der Waals surface area contributed by atoms with Crippen LogP contribution in [0.4, 0.5) is 4.39 Å². The highest BCUT2D eigenvalue weighted by Gasteiger charge is 2.25. The van der Waals surface area contributed by atoms with E-state index in [1.165, 1.54) is 12.1 Å². The number of pyridine rings is 1.